The number of para-hydroxylation sites is 1. The van der Waals surface area contributed by atoms with Crippen molar-refractivity contribution in [3.63, 3.8) is 0 Å². The fourth-order valence-corrected chi connectivity index (χ4v) is 4.16. The van der Waals surface area contributed by atoms with Gasteiger partial charge in [-0.3, -0.25) is 4.79 Å². The molecule has 180 valence electrons. The van der Waals surface area contributed by atoms with Crippen molar-refractivity contribution in [1.82, 2.24) is 19.5 Å². The lowest BCUT2D eigenvalue weighted by atomic mass is 10.1. The zero-order valence-corrected chi connectivity index (χ0v) is 18.9. The Balaban J connectivity index is 1.43. The zero-order chi connectivity index (χ0) is 24.6. The SMILES string of the molecule is COc1ccc(-c2cc(C(F)(F)F)n3nc(C(=O)N4CCN(c5ccccc5)CC4)cc3n2)cc1. The summed E-state index contributed by atoms with van der Waals surface area (Å²) in [6, 6.07) is 18.7. The van der Waals surface area contributed by atoms with Crippen LogP contribution in [0.1, 0.15) is 16.2 Å². The maximum Gasteiger partial charge on any atom is 0.433 e. The van der Waals surface area contributed by atoms with E-state index in [0.29, 0.717) is 42.0 Å². The van der Waals surface area contributed by atoms with E-state index in [-0.39, 0.29) is 17.0 Å². The molecule has 0 N–H and O–H groups in total. The van der Waals surface area contributed by atoms with E-state index in [1.54, 1.807) is 29.2 Å². The number of carbonyl (C=O) groups excluding carboxylic acids is 1. The quantitative estimate of drug-likeness (QED) is 0.433. The molecule has 35 heavy (non-hydrogen) atoms. The van der Waals surface area contributed by atoms with E-state index < -0.39 is 17.8 Å². The van der Waals surface area contributed by atoms with Crippen molar-refractivity contribution in [1.29, 1.82) is 0 Å². The minimum Gasteiger partial charge on any atom is -0.497 e. The molecule has 0 radical (unpaired) electrons. The number of hydrogen-bond donors (Lipinski definition) is 0. The summed E-state index contributed by atoms with van der Waals surface area (Å²) in [5.74, 6) is 0.165. The average Bonchev–Trinajstić information content (AvgIpc) is 3.32. The molecule has 0 aliphatic carbocycles. The van der Waals surface area contributed by atoms with E-state index in [4.69, 9.17) is 4.74 Å². The molecule has 0 bridgehead atoms. The Morgan fingerprint density at radius 3 is 2.26 bits per heavy atom. The van der Waals surface area contributed by atoms with E-state index in [2.05, 4.69) is 15.0 Å². The number of alkyl halides is 3. The van der Waals surface area contributed by atoms with Gasteiger partial charge in [0.25, 0.3) is 5.91 Å². The molecule has 0 spiro atoms. The van der Waals surface area contributed by atoms with E-state index in [0.717, 1.165) is 11.8 Å². The third-order valence-corrected chi connectivity index (χ3v) is 6.01. The topological polar surface area (TPSA) is 63.0 Å². The first kappa shape index (κ1) is 22.7. The van der Waals surface area contributed by atoms with Crippen molar-refractivity contribution in [3.05, 3.63) is 78.1 Å². The van der Waals surface area contributed by atoms with Crippen LogP contribution >= 0.6 is 0 Å². The number of rotatable bonds is 4. The molecule has 1 aliphatic rings. The highest BCUT2D eigenvalue weighted by molar-refractivity contribution is 5.93. The predicted octanol–water partition coefficient (Wildman–Crippen LogP) is 4.39. The van der Waals surface area contributed by atoms with Crippen LogP contribution in [0.2, 0.25) is 0 Å². The Kier molecular flexibility index (Phi) is 5.80. The van der Waals surface area contributed by atoms with Gasteiger partial charge in [-0.1, -0.05) is 18.2 Å². The number of ether oxygens (including phenoxy) is 1. The molecule has 0 saturated carbocycles. The van der Waals surface area contributed by atoms with Crippen molar-refractivity contribution >= 4 is 17.2 Å². The second-order valence-electron chi connectivity index (χ2n) is 8.17. The number of methoxy groups -OCH3 is 1. The van der Waals surface area contributed by atoms with Gasteiger partial charge in [0.15, 0.2) is 17.0 Å². The monoisotopic (exact) mass is 481 g/mol. The van der Waals surface area contributed by atoms with Crippen molar-refractivity contribution < 1.29 is 22.7 Å². The van der Waals surface area contributed by atoms with Gasteiger partial charge in [-0.2, -0.15) is 18.3 Å². The molecule has 1 fully saturated rings. The summed E-state index contributed by atoms with van der Waals surface area (Å²) in [5, 5.41) is 4.00. The van der Waals surface area contributed by atoms with E-state index in [1.807, 2.05) is 30.3 Å². The second-order valence-corrected chi connectivity index (χ2v) is 8.17. The highest BCUT2D eigenvalue weighted by Crippen LogP contribution is 2.33. The average molecular weight is 481 g/mol. The number of aromatic nitrogens is 3. The Morgan fingerprint density at radius 2 is 1.63 bits per heavy atom. The fraction of sp³-hybridized carbons (Fsp3) is 0.240. The summed E-state index contributed by atoms with van der Waals surface area (Å²) < 4.78 is 47.5. The zero-order valence-electron chi connectivity index (χ0n) is 18.9. The van der Waals surface area contributed by atoms with Gasteiger partial charge in [-0.15, -0.1) is 0 Å². The first-order valence-electron chi connectivity index (χ1n) is 11.1. The van der Waals surface area contributed by atoms with E-state index in [1.165, 1.54) is 13.2 Å². The normalized spacial score (nSPS) is 14.4. The van der Waals surface area contributed by atoms with E-state index in [9.17, 15) is 18.0 Å². The highest BCUT2D eigenvalue weighted by Gasteiger charge is 2.36. The van der Waals surface area contributed by atoms with Gasteiger partial charge in [-0.05, 0) is 42.5 Å². The third kappa shape index (κ3) is 4.51. The van der Waals surface area contributed by atoms with Crippen molar-refractivity contribution in [2.45, 2.75) is 6.18 Å². The number of amides is 1. The molecule has 2 aromatic carbocycles. The maximum atomic E-state index is 13.9. The summed E-state index contributed by atoms with van der Waals surface area (Å²) in [7, 11) is 1.51. The Hall–Kier alpha value is -4.08. The highest BCUT2D eigenvalue weighted by atomic mass is 19.4. The van der Waals surface area contributed by atoms with Gasteiger partial charge in [0.05, 0.1) is 12.8 Å². The van der Waals surface area contributed by atoms with Gasteiger partial charge in [0.2, 0.25) is 0 Å². The van der Waals surface area contributed by atoms with Crippen molar-refractivity contribution in [2.75, 3.05) is 38.2 Å². The number of piperazine rings is 1. The van der Waals surface area contributed by atoms with Crippen LogP contribution in [0.3, 0.4) is 0 Å². The Bertz CT molecular complexity index is 1350. The molecule has 0 atom stereocenters. The second kappa shape index (κ2) is 8.94. The first-order valence-corrected chi connectivity index (χ1v) is 11.1. The summed E-state index contributed by atoms with van der Waals surface area (Å²) in [4.78, 5) is 21.2. The van der Waals surface area contributed by atoms with E-state index >= 15 is 0 Å². The largest absolute Gasteiger partial charge is 0.497 e. The molecule has 2 aromatic heterocycles. The van der Waals surface area contributed by atoms with Gasteiger partial charge in [0, 0.05) is 43.5 Å². The molecule has 5 rings (SSSR count). The minimum absolute atomic E-state index is 0.0445. The van der Waals surface area contributed by atoms with Gasteiger partial charge >= 0.3 is 6.18 Å². The molecule has 1 saturated heterocycles. The Labute approximate surface area is 199 Å². The molecular formula is C25H22F3N5O2. The molecule has 0 unspecified atom stereocenters. The molecular weight excluding hydrogens is 459 g/mol. The van der Waals surface area contributed by atoms with Crippen LogP contribution in [-0.4, -0.2) is 58.7 Å². The van der Waals surface area contributed by atoms with Crippen molar-refractivity contribution in [2.24, 2.45) is 0 Å². The van der Waals surface area contributed by atoms with Gasteiger partial charge < -0.3 is 14.5 Å². The summed E-state index contributed by atoms with van der Waals surface area (Å²) in [6.45, 7) is 2.13. The molecule has 3 heterocycles. The first-order chi connectivity index (χ1) is 16.8. The standard InChI is InChI=1S/C25H22F3N5O2/c1-35-19-9-7-17(8-10-19)20-15-22(25(26,27)28)33-23(29-20)16-21(30-33)24(34)32-13-11-31(12-14-32)18-5-3-2-4-6-18/h2-10,15-16H,11-14H2,1H3. The smallest absolute Gasteiger partial charge is 0.433 e. The van der Waals surface area contributed by atoms with Crippen LogP contribution in [0.25, 0.3) is 16.9 Å². The number of hydrogen-bond acceptors (Lipinski definition) is 5. The maximum absolute atomic E-state index is 13.9. The fourth-order valence-electron chi connectivity index (χ4n) is 4.16. The van der Waals surface area contributed by atoms with Crippen LogP contribution in [0.5, 0.6) is 5.75 Å². The summed E-state index contributed by atoms with van der Waals surface area (Å²) in [6.07, 6.45) is -4.68. The number of nitrogens with zero attached hydrogens (tertiary/aromatic N) is 5. The lowest BCUT2D eigenvalue weighted by molar-refractivity contribution is -0.142. The lowest BCUT2D eigenvalue weighted by Crippen LogP contribution is -2.48. The molecule has 1 aliphatic heterocycles. The number of benzene rings is 2. The number of halogens is 3. The molecule has 10 heteroatoms. The van der Waals surface area contributed by atoms with Gasteiger partial charge in [-0.25, -0.2) is 9.50 Å². The lowest BCUT2D eigenvalue weighted by Gasteiger charge is -2.35. The Morgan fingerprint density at radius 1 is 0.943 bits per heavy atom. The van der Waals surface area contributed by atoms with Gasteiger partial charge in [0.1, 0.15) is 5.75 Å². The van der Waals surface area contributed by atoms with Crippen LogP contribution in [0.15, 0.2) is 66.7 Å². The molecule has 1 amide bonds. The third-order valence-electron chi connectivity index (χ3n) is 6.01. The number of carbonyl (C=O) groups is 1. The predicted molar refractivity (Wildman–Crippen MR) is 125 cm³/mol. The van der Waals surface area contributed by atoms with Crippen LogP contribution in [0, 0.1) is 0 Å². The summed E-state index contributed by atoms with van der Waals surface area (Å²) >= 11 is 0. The van der Waals surface area contributed by atoms with Crippen molar-refractivity contribution in [3.8, 4) is 17.0 Å². The van der Waals surface area contributed by atoms with Crippen LogP contribution in [-0.2, 0) is 6.18 Å². The van der Waals surface area contributed by atoms with Crippen LogP contribution in [0.4, 0.5) is 18.9 Å². The number of fused-ring (bicyclic) bond motifs is 1. The summed E-state index contributed by atoms with van der Waals surface area (Å²) in [5.41, 5.74) is 0.575. The minimum atomic E-state index is -4.68. The van der Waals surface area contributed by atoms with Crippen LogP contribution < -0.4 is 9.64 Å². The number of anilines is 1. The molecule has 4 aromatic rings. The molecule has 7 nitrogen and oxygen atoms in total.